The molecule has 4 N–H and O–H groups in total. The molecule has 5 nitrogen and oxygen atoms in total. The second kappa shape index (κ2) is 5.70. The van der Waals surface area contributed by atoms with E-state index in [4.69, 9.17) is 5.73 Å². The van der Waals surface area contributed by atoms with Gasteiger partial charge in [0.05, 0.1) is 11.9 Å². The average Bonchev–Trinajstić information content (AvgIpc) is 2.55. The van der Waals surface area contributed by atoms with Crippen LogP contribution < -0.4 is 11.1 Å². The van der Waals surface area contributed by atoms with E-state index in [0.717, 1.165) is 0 Å². The molecule has 94 valence electrons. The van der Waals surface area contributed by atoms with E-state index in [2.05, 4.69) is 15.5 Å². The Morgan fingerprint density at radius 3 is 2.71 bits per heavy atom. The van der Waals surface area contributed by atoms with Gasteiger partial charge in [0.25, 0.3) is 0 Å². The molecule has 1 aliphatic carbocycles. The van der Waals surface area contributed by atoms with Gasteiger partial charge in [-0.2, -0.15) is 5.10 Å². The molecule has 0 bridgehead atoms. The zero-order valence-electron chi connectivity index (χ0n) is 10.0. The molecule has 0 aromatic carbocycles. The van der Waals surface area contributed by atoms with Crippen molar-refractivity contribution >= 4 is 17.4 Å². The number of carbonyl (C=O) groups is 1. The Balaban J connectivity index is 1.82. The second-order valence-corrected chi connectivity index (χ2v) is 4.81. The van der Waals surface area contributed by atoms with Crippen LogP contribution in [0.2, 0.25) is 0 Å². The van der Waals surface area contributed by atoms with Crippen LogP contribution in [0.1, 0.15) is 44.9 Å². The maximum Gasteiger partial charge on any atom is 0.225 e. The number of H-pyrrole nitrogens is 1. The highest BCUT2D eigenvalue weighted by atomic mass is 16.1. The average molecular weight is 236 g/mol. The van der Waals surface area contributed by atoms with Crippen LogP contribution in [0, 0.1) is 5.92 Å². The second-order valence-electron chi connectivity index (χ2n) is 4.81. The lowest BCUT2D eigenvalue weighted by molar-refractivity contribution is -0.117. The van der Waals surface area contributed by atoms with Gasteiger partial charge in [-0.15, -0.1) is 0 Å². The Bertz CT molecular complexity index is 366. The lowest BCUT2D eigenvalue weighted by Crippen LogP contribution is -2.17. The van der Waals surface area contributed by atoms with E-state index in [1.165, 1.54) is 44.7 Å². The lowest BCUT2D eigenvalue weighted by Gasteiger charge is -2.13. The first-order valence-electron chi connectivity index (χ1n) is 6.34. The van der Waals surface area contributed by atoms with Crippen LogP contribution in [0.5, 0.6) is 0 Å². The SMILES string of the molecule is Nc1cn[nH]c1NC(=O)CC1CCCCCC1. The third kappa shape index (κ3) is 3.47. The van der Waals surface area contributed by atoms with Crippen LogP contribution in [0.4, 0.5) is 11.5 Å². The van der Waals surface area contributed by atoms with Gasteiger partial charge in [0.15, 0.2) is 5.82 Å². The molecule has 1 heterocycles. The molecule has 2 rings (SSSR count). The van der Waals surface area contributed by atoms with Crippen molar-refractivity contribution in [3.63, 3.8) is 0 Å². The Hall–Kier alpha value is -1.52. The van der Waals surface area contributed by atoms with Crippen molar-refractivity contribution in [2.75, 3.05) is 11.1 Å². The van der Waals surface area contributed by atoms with E-state index in [-0.39, 0.29) is 5.91 Å². The summed E-state index contributed by atoms with van der Waals surface area (Å²) in [4.78, 5) is 11.8. The number of hydrogen-bond acceptors (Lipinski definition) is 3. The van der Waals surface area contributed by atoms with Crippen LogP contribution in [0.25, 0.3) is 0 Å². The molecule has 1 saturated carbocycles. The van der Waals surface area contributed by atoms with Gasteiger partial charge in [-0.05, 0) is 18.8 Å². The van der Waals surface area contributed by atoms with Gasteiger partial charge in [0.1, 0.15) is 0 Å². The van der Waals surface area contributed by atoms with Gasteiger partial charge in [0.2, 0.25) is 5.91 Å². The van der Waals surface area contributed by atoms with Gasteiger partial charge in [0, 0.05) is 6.42 Å². The molecular formula is C12H20N4O. The number of nitrogens with one attached hydrogen (secondary N) is 2. The van der Waals surface area contributed by atoms with Crippen LogP contribution >= 0.6 is 0 Å². The first-order valence-corrected chi connectivity index (χ1v) is 6.34. The number of nitrogens with zero attached hydrogens (tertiary/aromatic N) is 1. The third-order valence-electron chi connectivity index (χ3n) is 3.38. The number of nitrogens with two attached hydrogens (primary N) is 1. The Kier molecular flexibility index (Phi) is 4.01. The minimum absolute atomic E-state index is 0.0350. The van der Waals surface area contributed by atoms with Crippen molar-refractivity contribution in [1.29, 1.82) is 0 Å². The minimum Gasteiger partial charge on any atom is -0.394 e. The number of aromatic amines is 1. The van der Waals surface area contributed by atoms with E-state index in [9.17, 15) is 4.79 Å². The Morgan fingerprint density at radius 2 is 2.12 bits per heavy atom. The number of hydrogen-bond donors (Lipinski definition) is 3. The molecule has 1 aromatic heterocycles. The summed E-state index contributed by atoms with van der Waals surface area (Å²) in [5.74, 6) is 1.08. The van der Waals surface area contributed by atoms with E-state index < -0.39 is 0 Å². The first-order chi connectivity index (χ1) is 8.25. The molecule has 5 heteroatoms. The predicted octanol–water partition coefficient (Wildman–Crippen LogP) is 2.29. The van der Waals surface area contributed by atoms with Crippen LogP contribution in [-0.2, 0) is 4.79 Å². The Morgan fingerprint density at radius 1 is 1.41 bits per heavy atom. The minimum atomic E-state index is 0.0350. The standard InChI is InChI=1S/C12H20N4O/c13-10-8-14-16-12(10)15-11(17)7-9-5-3-1-2-4-6-9/h8-9H,1-7,13H2,(H2,14,15,16,17). The van der Waals surface area contributed by atoms with Gasteiger partial charge in [-0.25, -0.2) is 0 Å². The fourth-order valence-electron chi connectivity index (χ4n) is 2.42. The number of carbonyl (C=O) groups excluding carboxylic acids is 1. The zero-order chi connectivity index (χ0) is 12.1. The van der Waals surface area contributed by atoms with Crippen molar-refractivity contribution in [3.05, 3.63) is 6.20 Å². The van der Waals surface area contributed by atoms with Crippen LogP contribution in [0.3, 0.4) is 0 Å². The van der Waals surface area contributed by atoms with Gasteiger partial charge in [-0.1, -0.05) is 25.7 Å². The molecule has 1 fully saturated rings. The fraction of sp³-hybridized carbons (Fsp3) is 0.667. The van der Waals surface area contributed by atoms with Crippen LogP contribution in [-0.4, -0.2) is 16.1 Å². The summed E-state index contributed by atoms with van der Waals surface area (Å²) < 4.78 is 0. The molecule has 0 spiro atoms. The summed E-state index contributed by atoms with van der Waals surface area (Å²) in [5, 5.41) is 9.23. The fourth-order valence-corrected chi connectivity index (χ4v) is 2.42. The van der Waals surface area contributed by atoms with E-state index in [0.29, 0.717) is 23.8 Å². The number of rotatable bonds is 3. The quantitative estimate of drug-likeness (QED) is 0.704. The summed E-state index contributed by atoms with van der Waals surface area (Å²) in [6.45, 7) is 0. The maximum absolute atomic E-state index is 11.8. The first kappa shape index (κ1) is 12.0. The molecule has 0 saturated heterocycles. The summed E-state index contributed by atoms with van der Waals surface area (Å²) in [6, 6.07) is 0. The van der Waals surface area contributed by atoms with E-state index >= 15 is 0 Å². The van der Waals surface area contributed by atoms with Crippen molar-refractivity contribution in [2.24, 2.45) is 5.92 Å². The Labute approximate surface area is 101 Å². The predicted molar refractivity (Wildman–Crippen MR) is 67.4 cm³/mol. The smallest absolute Gasteiger partial charge is 0.225 e. The highest BCUT2D eigenvalue weighted by Gasteiger charge is 2.16. The highest BCUT2D eigenvalue weighted by molar-refractivity contribution is 5.92. The monoisotopic (exact) mass is 236 g/mol. The third-order valence-corrected chi connectivity index (χ3v) is 3.38. The molecule has 1 amide bonds. The zero-order valence-corrected chi connectivity index (χ0v) is 10.0. The normalized spacial score (nSPS) is 17.6. The summed E-state index contributed by atoms with van der Waals surface area (Å²) >= 11 is 0. The highest BCUT2D eigenvalue weighted by Crippen LogP contribution is 2.26. The van der Waals surface area contributed by atoms with Gasteiger partial charge >= 0.3 is 0 Å². The van der Waals surface area contributed by atoms with E-state index in [1.807, 2.05) is 0 Å². The molecular weight excluding hydrogens is 216 g/mol. The summed E-state index contributed by atoms with van der Waals surface area (Å²) in [7, 11) is 0. The van der Waals surface area contributed by atoms with Gasteiger partial charge < -0.3 is 11.1 Å². The molecule has 1 aliphatic rings. The van der Waals surface area contributed by atoms with Crippen molar-refractivity contribution in [2.45, 2.75) is 44.9 Å². The molecule has 0 radical (unpaired) electrons. The number of anilines is 2. The molecule has 1 aromatic rings. The number of aromatic nitrogens is 2. The number of nitrogen functional groups attached to an aromatic ring is 1. The molecule has 0 unspecified atom stereocenters. The summed E-state index contributed by atoms with van der Waals surface area (Å²) in [6.07, 6.45) is 9.57. The molecule has 0 atom stereocenters. The summed E-state index contributed by atoms with van der Waals surface area (Å²) in [5.41, 5.74) is 6.12. The topological polar surface area (TPSA) is 83.8 Å². The maximum atomic E-state index is 11.8. The van der Waals surface area contributed by atoms with Crippen molar-refractivity contribution in [1.82, 2.24) is 10.2 Å². The molecule has 17 heavy (non-hydrogen) atoms. The van der Waals surface area contributed by atoms with Crippen molar-refractivity contribution in [3.8, 4) is 0 Å². The van der Waals surface area contributed by atoms with Gasteiger partial charge in [-0.3, -0.25) is 9.89 Å². The van der Waals surface area contributed by atoms with Crippen LogP contribution in [0.15, 0.2) is 6.20 Å². The lowest BCUT2D eigenvalue weighted by atomic mass is 9.96. The number of amides is 1. The largest absolute Gasteiger partial charge is 0.394 e. The van der Waals surface area contributed by atoms with E-state index in [1.54, 1.807) is 0 Å². The van der Waals surface area contributed by atoms with Crippen molar-refractivity contribution < 1.29 is 4.79 Å². The molecule has 0 aliphatic heterocycles.